The fourth-order valence-electron chi connectivity index (χ4n) is 13.8. The predicted molar refractivity (Wildman–Crippen MR) is 186 cm³/mol. The molecule has 10 nitrogen and oxygen atoms in total. The first-order valence-corrected chi connectivity index (χ1v) is 20.3. The number of carbonyl (C=O) groups excluding carboxylic acids is 1. The molecule has 52 heavy (non-hydrogen) atoms. The van der Waals surface area contributed by atoms with E-state index < -0.39 is 52.6 Å². The number of rotatable bonds is 6. The number of likely N-dealkylation sites (tertiary alicyclic amines) is 1. The molecule has 0 amide bonds. The van der Waals surface area contributed by atoms with Crippen molar-refractivity contribution in [3.63, 3.8) is 0 Å². The van der Waals surface area contributed by atoms with E-state index in [1.165, 1.54) is 32.1 Å². The molecule has 3 unspecified atom stereocenters. The van der Waals surface area contributed by atoms with Crippen LogP contribution < -0.4 is 18.9 Å². The molecule has 4 N–H and O–H groups in total. The summed E-state index contributed by atoms with van der Waals surface area (Å²) in [6, 6.07) is 7.49. The Morgan fingerprint density at radius 3 is 1.96 bits per heavy atom. The lowest BCUT2D eigenvalue weighted by molar-refractivity contribution is -0.209. The van der Waals surface area contributed by atoms with Gasteiger partial charge in [-0.25, -0.2) is 4.79 Å². The fraction of sp³-hybridized carbons (Fsp3) is 0.690. The van der Waals surface area contributed by atoms with E-state index in [4.69, 9.17) is 18.9 Å². The van der Waals surface area contributed by atoms with Gasteiger partial charge in [0.1, 0.15) is 12.2 Å². The molecular formula is C42H49NO9. The van der Waals surface area contributed by atoms with Crippen LogP contribution in [-0.2, 0) is 23.7 Å². The molecule has 0 aromatic heterocycles. The predicted octanol–water partition coefficient (Wildman–Crippen LogP) is 4.46. The van der Waals surface area contributed by atoms with Crippen LogP contribution in [0.15, 0.2) is 24.3 Å². The van der Waals surface area contributed by atoms with Crippen molar-refractivity contribution in [1.82, 2.24) is 4.90 Å². The topological polar surface area (TPSA) is 138 Å². The van der Waals surface area contributed by atoms with Crippen molar-refractivity contribution in [3.8, 4) is 23.0 Å². The van der Waals surface area contributed by atoms with Gasteiger partial charge in [0.05, 0.1) is 34.2 Å². The molecule has 276 valence electrons. The molecule has 7 aliphatic carbocycles. The number of hydrogen-bond acceptors (Lipinski definition) is 10. The lowest BCUT2D eigenvalue weighted by atomic mass is 9.43. The third-order valence-corrected chi connectivity index (χ3v) is 16.3. The quantitative estimate of drug-likeness (QED) is 0.251. The van der Waals surface area contributed by atoms with E-state index in [0.29, 0.717) is 61.9 Å². The minimum Gasteiger partial charge on any atom is -0.482 e. The minimum atomic E-state index is -1.05. The van der Waals surface area contributed by atoms with Crippen molar-refractivity contribution in [3.05, 3.63) is 46.5 Å². The molecule has 6 fully saturated rings. The maximum absolute atomic E-state index is 13.8. The largest absolute Gasteiger partial charge is 0.519 e. The summed E-state index contributed by atoms with van der Waals surface area (Å²) in [5.74, 6) is 3.35. The van der Waals surface area contributed by atoms with Crippen LogP contribution in [0.3, 0.4) is 0 Å². The Morgan fingerprint density at radius 2 is 1.33 bits per heavy atom. The third-order valence-electron chi connectivity index (χ3n) is 16.3. The first-order valence-electron chi connectivity index (χ1n) is 20.3. The summed E-state index contributed by atoms with van der Waals surface area (Å²) in [5.41, 5.74) is 0.439. The molecule has 2 aromatic rings. The van der Waals surface area contributed by atoms with Gasteiger partial charge >= 0.3 is 6.16 Å². The molecule has 2 aromatic carbocycles. The zero-order chi connectivity index (χ0) is 34.9. The van der Waals surface area contributed by atoms with Crippen LogP contribution >= 0.6 is 0 Å². The molecule has 5 saturated carbocycles. The van der Waals surface area contributed by atoms with Gasteiger partial charge in [-0.15, -0.1) is 0 Å². The van der Waals surface area contributed by atoms with E-state index in [2.05, 4.69) is 4.90 Å². The summed E-state index contributed by atoms with van der Waals surface area (Å²) >= 11 is 0. The molecule has 3 aliphatic heterocycles. The number of hydrogen-bond donors (Lipinski definition) is 4. The summed E-state index contributed by atoms with van der Waals surface area (Å²) < 4.78 is 25.2. The van der Waals surface area contributed by atoms with Crippen molar-refractivity contribution in [2.45, 2.75) is 142 Å². The Kier molecular flexibility index (Phi) is 6.20. The maximum atomic E-state index is 13.8. The zero-order valence-electron chi connectivity index (χ0n) is 29.6. The van der Waals surface area contributed by atoms with Crippen LogP contribution in [-0.4, -0.2) is 86.2 Å². The van der Waals surface area contributed by atoms with Crippen LogP contribution in [0.5, 0.6) is 23.0 Å². The number of carbonyl (C=O) groups is 1. The summed E-state index contributed by atoms with van der Waals surface area (Å²) in [6.45, 7) is 1.83. The SMILES string of the molecule is O=C(Oc1ccc2c3c1O[C@H]1[C@@H](O)CC[C@@]4(O)[C@@H](C2)C(CC2CC2)CCC314)Oc1ccc2c3c1O[C@H]1[C@@H](O)CC[C@@]4(O)C(C2)N(CC2CC2)CC[C@]314. The lowest BCUT2D eigenvalue weighted by Crippen LogP contribution is -2.77. The van der Waals surface area contributed by atoms with Crippen LogP contribution in [0, 0.1) is 23.7 Å². The Balaban J connectivity index is 0.876. The first kappa shape index (κ1) is 31.5. The summed E-state index contributed by atoms with van der Waals surface area (Å²) in [4.78, 5) is 16.2. The van der Waals surface area contributed by atoms with Gasteiger partial charge in [-0.1, -0.05) is 25.0 Å². The minimum absolute atomic E-state index is 0.0459. The van der Waals surface area contributed by atoms with Crippen molar-refractivity contribution in [2.75, 3.05) is 13.1 Å². The number of ether oxygens (including phenoxy) is 4. The van der Waals surface area contributed by atoms with E-state index in [-0.39, 0.29) is 23.5 Å². The standard InChI is InChI=1S/C42H49NO9/c44-27-10-13-41(47)26-18-24-5-7-29(34-32(24)39(41,36(27)51-34)12-9-23(26)17-21-1-2-21)49-38(46)50-30-8-6-25-19-31-42(48)14-11-28(45)37-40(42,33(25)35(30)52-37)15-16-43(31)20-22-3-4-22/h5-8,21-23,26-28,31,36-37,44-45,47-48H,1-4,9-20H2/t23?,26-,27-,28-,31?,36-,37-,39?,40-,41+,42+/m0/s1. The molecule has 1 saturated heterocycles. The van der Waals surface area contributed by atoms with E-state index in [9.17, 15) is 25.2 Å². The number of piperidine rings is 1. The third kappa shape index (κ3) is 3.76. The number of benzene rings is 2. The van der Waals surface area contributed by atoms with E-state index >= 15 is 0 Å². The molecule has 2 spiro atoms. The first-order chi connectivity index (χ1) is 25.1. The molecule has 4 bridgehead atoms. The molecule has 11 atom stereocenters. The molecule has 10 heteroatoms. The molecule has 10 aliphatic rings. The van der Waals surface area contributed by atoms with Crippen molar-refractivity contribution >= 4 is 6.16 Å². The Hall–Kier alpha value is -2.89. The second kappa shape index (κ2) is 10.2. The summed E-state index contributed by atoms with van der Waals surface area (Å²) in [6.07, 6.45) is 8.41. The van der Waals surface area contributed by atoms with Gasteiger partial charge in [0, 0.05) is 23.7 Å². The van der Waals surface area contributed by atoms with Gasteiger partial charge in [0.15, 0.2) is 23.0 Å². The van der Waals surface area contributed by atoms with E-state index in [1.807, 2.05) is 12.1 Å². The average molecular weight is 712 g/mol. The zero-order valence-corrected chi connectivity index (χ0v) is 29.6. The Morgan fingerprint density at radius 1 is 0.731 bits per heavy atom. The Bertz CT molecular complexity index is 1780. The van der Waals surface area contributed by atoms with Gasteiger partial charge in [0.25, 0.3) is 0 Å². The van der Waals surface area contributed by atoms with Crippen LogP contribution in [0.4, 0.5) is 4.79 Å². The smallest absolute Gasteiger partial charge is 0.482 e. The number of aliphatic hydroxyl groups excluding tert-OH is 2. The fourth-order valence-corrected chi connectivity index (χ4v) is 13.8. The number of nitrogens with zero attached hydrogens (tertiary/aromatic N) is 1. The van der Waals surface area contributed by atoms with Crippen molar-refractivity contribution in [1.29, 1.82) is 0 Å². The molecule has 3 heterocycles. The van der Waals surface area contributed by atoms with Crippen LogP contribution in [0.2, 0.25) is 0 Å². The maximum Gasteiger partial charge on any atom is 0.519 e. The van der Waals surface area contributed by atoms with Gasteiger partial charge in [-0.2, -0.15) is 0 Å². The summed E-state index contributed by atoms with van der Waals surface area (Å²) in [7, 11) is 0. The van der Waals surface area contributed by atoms with Gasteiger partial charge < -0.3 is 39.4 Å². The van der Waals surface area contributed by atoms with Crippen molar-refractivity contribution < 1.29 is 44.2 Å². The number of aliphatic hydroxyl groups is 4. The average Bonchev–Trinajstić information content (AvgIpc) is 4.05. The van der Waals surface area contributed by atoms with Crippen LogP contribution in [0.1, 0.15) is 99.3 Å². The monoisotopic (exact) mass is 711 g/mol. The second-order valence-electron chi connectivity index (χ2n) is 18.6. The highest BCUT2D eigenvalue weighted by atomic mass is 16.7. The van der Waals surface area contributed by atoms with Gasteiger partial charge in [0.2, 0.25) is 0 Å². The van der Waals surface area contributed by atoms with Crippen molar-refractivity contribution in [2.24, 2.45) is 23.7 Å². The second-order valence-corrected chi connectivity index (χ2v) is 18.6. The summed E-state index contributed by atoms with van der Waals surface area (Å²) in [5, 5.41) is 48.1. The normalized spacial score (nSPS) is 44.3. The van der Waals surface area contributed by atoms with Crippen LogP contribution in [0.25, 0.3) is 0 Å². The highest BCUT2D eigenvalue weighted by molar-refractivity contribution is 5.74. The van der Waals surface area contributed by atoms with Gasteiger partial charge in [-0.05, 0) is 131 Å². The highest BCUT2D eigenvalue weighted by Gasteiger charge is 2.74. The lowest BCUT2D eigenvalue weighted by Gasteiger charge is -2.63. The Labute approximate surface area is 303 Å². The van der Waals surface area contributed by atoms with Gasteiger partial charge in [-0.3, -0.25) is 4.90 Å². The molecule has 0 radical (unpaired) electrons. The molecular weight excluding hydrogens is 662 g/mol. The van der Waals surface area contributed by atoms with E-state index in [1.54, 1.807) is 12.1 Å². The highest BCUT2D eigenvalue weighted by Crippen LogP contribution is 2.70. The molecule has 12 rings (SSSR count). The van der Waals surface area contributed by atoms with E-state index in [0.717, 1.165) is 60.5 Å².